The molecule has 0 bridgehead atoms. The topological polar surface area (TPSA) is 15.3 Å². The number of nitrogens with one attached hydrogen (secondary N) is 1. The van der Waals surface area contributed by atoms with Crippen LogP contribution in [0.3, 0.4) is 0 Å². The first-order valence-corrected chi connectivity index (χ1v) is 9.74. The Kier molecular flexibility index (Phi) is 7.28. The van der Waals surface area contributed by atoms with Crippen molar-refractivity contribution in [2.45, 2.75) is 43.9 Å². The lowest BCUT2D eigenvalue weighted by molar-refractivity contribution is 0.283. The molecule has 106 valence electrons. The number of hydrogen-bond donors (Lipinski definition) is 1. The van der Waals surface area contributed by atoms with E-state index >= 15 is 0 Å². The van der Waals surface area contributed by atoms with Gasteiger partial charge in [-0.2, -0.15) is 23.5 Å². The first-order chi connectivity index (χ1) is 8.88. The first kappa shape index (κ1) is 15.0. The van der Waals surface area contributed by atoms with Crippen molar-refractivity contribution < 1.29 is 0 Å². The predicted molar refractivity (Wildman–Crippen MR) is 85.9 cm³/mol. The number of nitrogens with zero attached hydrogens (tertiary/aromatic N) is 1. The monoisotopic (exact) mass is 288 g/mol. The van der Waals surface area contributed by atoms with E-state index in [1.54, 1.807) is 0 Å². The van der Waals surface area contributed by atoms with Crippen LogP contribution >= 0.6 is 23.5 Å². The molecule has 4 heteroatoms. The van der Waals surface area contributed by atoms with Gasteiger partial charge in [0.15, 0.2) is 0 Å². The van der Waals surface area contributed by atoms with Crippen molar-refractivity contribution in [2.24, 2.45) is 0 Å². The summed E-state index contributed by atoms with van der Waals surface area (Å²) in [5.74, 6) is 4.06. The van der Waals surface area contributed by atoms with Crippen LogP contribution in [-0.4, -0.2) is 59.6 Å². The van der Waals surface area contributed by atoms with Gasteiger partial charge < -0.3 is 10.2 Å². The molecule has 2 aliphatic rings. The second kappa shape index (κ2) is 8.72. The van der Waals surface area contributed by atoms with E-state index in [9.17, 15) is 0 Å². The van der Waals surface area contributed by atoms with Crippen molar-refractivity contribution in [1.29, 1.82) is 0 Å². The van der Waals surface area contributed by atoms with Crippen LogP contribution in [-0.2, 0) is 0 Å². The number of hydrogen-bond acceptors (Lipinski definition) is 4. The fourth-order valence-corrected chi connectivity index (χ4v) is 5.48. The zero-order valence-corrected chi connectivity index (χ0v) is 13.3. The second-order valence-corrected chi connectivity index (χ2v) is 8.00. The number of thioether (sulfide) groups is 2. The minimum Gasteiger partial charge on any atom is -0.313 e. The standard InChI is InChI=1S/C14H28N2S2/c1-2-6-16-7-3-4-13(5-8-16)15-11-14-12-17-9-10-18-14/h13-15H,2-12H2,1H3. The molecule has 2 nitrogen and oxygen atoms in total. The molecular formula is C14H28N2S2. The van der Waals surface area contributed by atoms with Gasteiger partial charge >= 0.3 is 0 Å². The fraction of sp³-hybridized carbons (Fsp3) is 1.00. The van der Waals surface area contributed by atoms with Gasteiger partial charge in [-0.15, -0.1) is 0 Å². The normalized spacial score (nSPS) is 31.2. The van der Waals surface area contributed by atoms with Gasteiger partial charge in [0.1, 0.15) is 0 Å². The summed E-state index contributed by atoms with van der Waals surface area (Å²) in [5.41, 5.74) is 0. The summed E-state index contributed by atoms with van der Waals surface area (Å²) >= 11 is 4.30. The van der Waals surface area contributed by atoms with Crippen LogP contribution < -0.4 is 5.32 Å². The Labute approximate surface area is 121 Å². The highest BCUT2D eigenvalue weighted by Crippen LogP contribution is 2.23. The largest absolute Gasteiger partial charge is 0.313 e. The highest BCUT2D eigenvalue weighted by Gasteiger charge is 2.19. The van der Waals surface area contributed by atoms with Gasteiger partial charge in [-0.05, 0) is 45.3 Å². The lowest BCUT2D eigenvalue weighted by Gasteiger charge is -2.24. The molecule has 0 aromatic carbocycles. The molecule has 2 aliphatic heterocycles. The Morgan fingerprint density at radius 2 is 2.17 bits per heavy atom. The molecule has 0 aromatic heterocycles. The maximum Gasteiger partial charge on any atom is 0.0263 e. The van der Waals surface area contributed by atoms with Crippen molar-refractivity contribution in [3.05, 3.63) is 0 Å². The van der Waals surface area contributed by atoms with Crippen LogP contribution in [0, 0.1) is 0 Å². The predicted octanol–water partition coefficient (Wildman–Crippen LogP) is 2.69. The minimum absolute atomic E-state index is 0.777. The van der Waals surface area contributed by atoms with Crippen LogP contribution in [0.1, 0.15) is 32.6 Å². The van der Waals surface area contributed by atoms with Crippen LogP contribution in [0.15, 0.2) is 0 Å². The smallest absolute Gasteiger partial charge is 0.0263 e. The van der Waals surface area contributed by atoms with Crippen LogP contribution in [0.4, 0.5) is 0 Å². The van der Waals surface area contributed by atoms with E-state index in [2.05, 4.69) is 40.7 Å². The average Bonchev–Trinajstić information content (AvgIpc) is 2.64. The highest BCUT2D eigenvalue weighted by molar-refractivity contribution is 8.06. The molecule has 0 amide bonds. The summed E-state index contributed by atoms with van der Waals surface area (Å²) in [7, 11) is 0. The van der Waals surface area contributed by atoms with Gasteiger partial charge in [0, 0.05) is 35.1 Å². The summed E-state index contributed by atoms with van der Waals surface area (Å²) in [6.07, 6.45) is 5.41. The van der Waals surface area contributed by atoms with Crippen LogP contribution in [0.2, 0.25) is 0 Å². The molecule has 2 unspecified atom stereocenters. The molecule has 2 heterocycles. The SMILES string of the molecule is CCCN1CCCC(NCC2CSCCS2)CC1. The number of rotatable bonds is 5. The van der Waals surface area contributed by atoms with Crippen LogP contribution in [0.25, 0.3) is 0 Å². The van der Waals surface area contributed by atoms with E-state index in [1.807, 2.05) is 0 Å². The van der Waals surface area contributed by atoms with Crippen molar-refractivity contribution in [1.82, 2.24) is 10.2 Å². The van der Waals surface area contributed by atoms with Gasteiger partial charge in [0.05, 0.1) is 0 Å². The third-order valence-electron chi connectivity index (χ3n) is 3.88. The van der Waals surface area contributed by atoms with Gasteiger partial charge in [-0.1, -0.05) is 6.92 Å². The molecule has 0 aliphatic carbocycles. The van der Waals surface area contributed by atoms with Crippen molar-refractivity contribution in [3.63, 3.8) is 0 Å². The summed E-state index contributed by atoms with van der Waals surface area (Å²) in [5, 5.41) is 4.69. The molecule has 2 fully saturated rings. The fourth-order valence-electron chi connectivity index (χ4n) is 2.85. The molecule has 0 spiro atoms. The van der Waals surface area contributed by atoms with E-state index < -0.39 is 0 Å². The van der Waals surface area contributed by atoms with Gasteiger partial charge in [0.25, 0.3) is 0 Å². The van der Waals surface area contributed by atoms with Gasteiger partial charge in [0.2, 0.25) is 0 Å². The Morgan fingerprint density at radius 3 is 2.94 bits per heavy atom. The molecule has 0 saturated carbocycles. The molecule has 0 radical (unpaired) electrons. The Bertz CT molecular complexity index is 220. The zero-order chi connectivity index (χ0) is 12.6. The average molecular weight is 289 g/mol. The Morgan fingerprint density at radius 1 is 1.22 bits per heavy atom. The molecule has 2 rings (SSSR count). The molecule has 2 atom stereocenters. The molecule has 18 heavy (non-hydrogen) atoms. The molecule has 0 aromatic rings. The van der Waals surface area contributed by atoms with Crippen LogP contribution in [0.5, 0.6) is 0 Å². The zero-order valence-electron chi connectivity index (χ0n) is 11.7. The van der Waals surface area contributed by atoms with Gasteiger partial charge in [-0.3, -0.25) is 0 Å². The van der Waals surface area contributed by atoms with Gasteiger partial charge in [-0.25, -0.2) is 0 Å². The lowest BCUT2D eigenvalue weighted by atomic mass is 10.1. The highest BCUT2D eigenvalue weighted by atomic mass is 32.2. The van der Waals surface area contributed by atoms with E-state index in [4.69, 9.17) is 0 Å². The Balaban J connectivity index is 1.63. The second-order valence-electron chi connectivity index (χ2n) is 5.45. The third-order valence-corrected chi connectivity index (χ3v) is 6.72. The van der Waals surface area contributed by atoms with E-state index in [1.165, 1.54) is 69.1 Å². The molecule has 1 N–H and O–H groups in total. The quantitative estimate of drug-likeness (QED) is 0.836. The summed E-state index contributed by atoms with van der Waals surface area (Å²) < 4.78 is 0. The van der Waals surface area contributed by atoms with E-state index in [-0.39, 0.29) is 0 Å². The summed E-state index contributed by atoms with van der Waals surface area (Å²) in [6, 6.07) is 0.777. The van der Waals surface area contributed by atoms with Crippen molar-refractivity contribution >= 4 is 23.5 Å². The maximum absolute atomic E-state index is 3.83. The lowest BCUT2D eigenvalue weighted by Crippen LogP contribution is -2.37. The van der Waals surface area contributed by atoms with Crippen molar-refractivity contribution in [2.75, 3.05) is 43.4 Å². The Hall–Kier alpha value is 0.620. The molecule has 2 saturated heterocycles. The maximum atomic E-state index is 3.83. The van der Waals surface area contributed by atoms with E-state index in [0.29, 0.717) is 0 Å². The third kappa shape index (κ3) is 5.32. The summed E-state index contributed by atoms with van der Waals surface area (Å²) in [6.45, 7) is 7.44. The minimum atomic E-state index is 0.777. The summed E-state index contributed by atoms with van der Waals surface area (Å²) in [4.78, 5) is 2.65. The van der Waals surface area contributed by atoms with Crippen molar-refractivity contribution in [3.8, 4) is 0 Å². The van der Waals surface area contributed by atoms with E-state index in [0.717, 1.165) is 11.3 Å². The molecular weight excluding hydrogens is 260 g/mol. The number of likely N-dealkylation sites (tertiary alicyclic amines) is 1. The first-order valence-electron chi connectivity index (χ1n) is 7.53.